The Kier molecular flexibility index (Phi) is 5.00. The molecule has 1 aliphatic heterocycles. The number of aromatic nitrogens is 2. The summed E-state index contributed by atoms with van der Waals surface area (Å²) in [5.74, 6) is 3.77. The topological polar surface area (TPSA) is 41.0 Å². The smallest absolute Gasteiger partial charge is 0.134 e. The summed E-state index contributed by atoms with van der Waals surface area (Å²) >= 11 is 0. The van der Waals surface area contributed by atoms with E-state index in [-0.39, 0.29) is 0 Å². The van der Waals surface area contributed by atoms with Crippen LogP contribution in [0.5, 0.6) is 0 Å². The van der Waals surface area contributed by atoms with Gasteiger partial charge in [-0.25, -0.2) is 9.97 Å². The molecule has 106 valence electrons. The van der Waals surface area contributed by atoms with Gasteiger partial charge in [0.1, 0.15) is 17.5 Å². The maximum absolute atomic E-state index is 4.69. The van der Waals surface area contributed by atoms with Gasteiger partial charge in [-0.05, 0) is 25.2 Å². The van der Waals surface area contributed by atoms with E-state index in [4.69, 9.17) is 4.98 Å². The molecule has 1 saturated heterocycles. The lowest BCUT2D eigenvalue weighted by Crippen LogP contribution is -2.35. The van der Waals surface area contributed by atoms with Crippen LogP contribution in [0.15, 0.2) is 6.07 Å². The van der Waals surface area contributed by atoms with Crippen molar-refractivity contribution in [2.75, 3.05) is 29.9 Å². The van der Waals surface area contributed by atoms with Crippen molar-refractivity contribution in [1.82, 2.24) is 9.97 Å². The Morgan fingerprint density at radius 1 is 1.37 bits per heavy atom. The molecule has 1 aromatic rings. The lowest BCUT2D eigenvalue weighted by Gasteiger charge is -2.32. The Morgan fingerprint density at radius 3 is 2.89 bits per heavy atom. The molecule has 4 nitrogen and oxygen atoms in total. The number of nitrogens with one attached hydrogen (secondary N) is 1. The molecule has 1 aliphatic rings. The molecular weight excluding hydrogens is 236 g/mol. The average molecular weight is 262 g/mol. The van der Waals surface area contributed by atoms with Crippen molar-refractivity contribution in [1.29, 1.82) is 0 Å². The van der Waals surface area contributed by atoms with Crippen molar-refractivity contribution in [3.8, 4) is 0 Å². The second-order valence-corrected chi connectivity index (χ2v) is 5.50. The van der Waals surface area contributed by atoms with Gasteiger partial charge in [-0.3, -0.25) is 0 Å². The van der Waals surface area contributed by atoms with Crippen molar-refractivity contribution in [3.63, 3.8) is 0 Å². The van der Waals surface area contributed by atoms with Crippen LogP contribution in [0.4, 0.5) is 11.6 Å². The van der Waals surface area contributed by atoms with Gasteiger partial charge in [0.2, 0.25) is 0 Å². The Labute approximate surface area is 116 Å². The molecule has 0 bridgehead atoms. The van der Waals surface area contributed by atoms with Gasteiger partial charge in [-0.2, -0.15) is 0 Å². The quantitative estimate of drug-likeness (QED) is 0.885. The van der Waals surface area contributed by atoms with Crippen molar-refractivity contribution in [2.24, 2.45) is 5.92 Å². The van der Waals surface area contributed by atoms with Crippen LogP contribution in [0.3, 0.4) is 0 Å². The zero-order chi connectivity index (χ0) is 13.7. The molecular formula is C15H26N4. The summed E-state index contributed by atoms with van der Waals surface area (Å²) in [6, 6.07) is 2.10. The first-order chi connectivity index (χ1) is 9.22. The molecule has 1 aromatic heterocycles. The predicted molar refractivity (Wildman–Crippen MR) is 80.8 cm³/mol. The molecule has 0 aliphatic carbocycles. The summed E-state index contributed by atoms with van der Waals surface area (Å²) in [6.07, 6.45) is 4.60. The zero-order valence-corrected chi connectivity index (χ0v) is 12.4. The number of hydrogen-bond donors (Lipinski definition) is 1. The second-order valence-electron chi connectivity index (χ2n) is 5.50. The van der Waals surface area contributed by atoms with Gasteiger partial charge in [0.05, 0.1) is 0 Å². The maximum Gasteiger partial charge on any atom is 0.134 e. The number of hydrogen-bond acceptors (Lipinski definition) is 4. The summed E-state index contributed by atoms with van der Waals surface area (Å²) in [4.78, 5) is 11.7. The van der Waals surface area contributed by atoms with Crippen LogP contribution in [0.25, 0.3) is 0 Å². The molecule has 1 fully saturated rings. The van der Waals surface area contributed by atoms with Gasteiger partial charge in [0, 0.05) is 32.1 Å². The second kappa shape index (κ2) is 6.73. The predicted octanol–water partition coefficient (Wildman–Crippen LogP) is 3.10. The van der Waals surface area contributed by atoms with Crippen LogP contribution in [0.2, 0.25) is 0 Å². The van der Waals surface area contributed by atoms with Gasteiger partial charge in [0.15, 0.2) is 0 Å². The maximum atomic E-state index is 4.69. The van der Waals surface area contributed by atoms with Gasteiger partial charge in [-0.15, -0.1) is 0 Å². The number of anilines is 2. The van der Waals surface area contributed by atoms with Crippen molar-refractivity contribution < 1.29 is 0 Å². The van der Waals surface area contributed by atoms with Crippen molar-refractivity contribution in [2.45, 2.75) is 46.5 Å². The van der Waals surface area contributed by atoms with Gasteiger partial charge >= 0.3 is 0 Å². The number of rotatable bonds is 5. The van der Waals surface area contributed by atoms with Crippen molar-refractivity contribution in [3.05, 3.63) is 11.9 Å². The number of nitrogens with zero attached hydrogens (tertiary/aromatic N) is 3. The summed E-state index contributed by atoms with van der Waals surface area (Å²) < 4.78 is 0. The number of piperidine rings is 1. The highest BCUT2D eigenvalue weighted by atomic mass is 15.2. The fourth-order valence-electron chi connectivity index (χ4n) is 2.54. The molecule has 1 N–H and O–H groups in total. The summed E-state index contributed by atoms with van der Waals surface area (Å²) in [6.45, 7) is 9.81. The SMILES string of the molecule is CCCNc1cc(N2CCCC(C)C2)nc(CC)n1. The molecule has 4 heteroatoms. The normalized spacial score (nSPS) is 19.5. The first-order valence-electron chi connectivity index (χ1n) is 7.59. The highest BCUT2D eigenvalue weighted by molar-refractivity contribution is 5.49. The van der Waals surface area contributed by atoms with Gasteiger partial charge in [-0.1, -0.05) is 20.8 Å². The number of aryl methyl sites for hydroxylation is 1. The van der Waals surface area contributed by atoms with Crippen LogP contribution in [0, 0.1) is 5.92 Å². The van der Waals surface area contributed by atoms with Crippen LogP contribution in [-0.2, 0) is 6.42 Å². The molecule has 1 unspecified atom stereocenters. The van der Waals surface area contributed by atoms with Crippen molar-refractivity contribution >= 4 is 11.6 Å². The van der Waals surface area contributed by atoms with E-state index in [2.05, 4.69) is 42.0 Å². The highest BCUT2D eigenvalue weighted by Crippen LogP contribution is 2.23. The fourth-order valence-corrected chi connectivity index (χ4v) is 2.54. The van der Waals surface area contributed by atoms with E-state index in [0.717, 1.165) is 55.9 Å². The highest BCUT2D eigenvalue weighted by Gasteiger charge is 2.18. The Morgan fingerprint density at radius 2 is 2.21 bits per heavy atom. The molecule has 0 amide bonds. The molecule has 0 saturated carbocycles. The minimum Gasteiger partial charge on any atom is -0.370 e. The first-order valence-corrected chi connectivity index (χ1v) is 7.59. The monoisotopic (exact) mass is 262 g/mol. The largest absolute Gasteiger partial charge is 0.370 e. The summed E-state index contributed by atoms with van der Waals surface area (Å²) in [5, 5.41) is 3.38. The Hall–Kier alpha value is -1.32. The minimum absolute atomic E-state index is 0.765. The first kappa shape index (κ1) is 14.1. The molecule has 0 radical (unpaired) electrons. The average Bonchev–Trinajstić information content (AvgIpc) is 2.44. The standard InChI is InChI=1S/C15H26N4/c1-4-8-16-14-10-15(18-13(5-2)17-14)19-9-6-7-12(3)11-19/h10,12H,4-9,11H2,1-3H3,(H,16,17,18). The van der Waals surface area contributed by atoms with E-state index in [1.807, 2.05) is 0 Å². The van der Waals surface area contributed by atoms with Crippen LogP contribution < -0.4 is 10.2 Å². The van der Waals surface area contributed by atoms with E-state index in [0.29, 0.717) is 0 Å². The molecule has 19 heavy (non-hydrogen) atoms. The fraction of sp³-hybridized carbons (Fsp3) is 0.733. The van der Waals surface area contributed by atoms with Crippen LogP contribution in [0.1, 0.15) is 45.9 Å². The third kappa shape index (κ3) is 3.82. The van der Waals surface area contributed by atoms with E-state index in [1.165, 1.54) is 12.8 Å². The van der Waals surface area contributed by atoms with Gasteiger partial charge < -0.3 is 10.2 Å². The lowest BCUT2D eigenvalue weighted by molar-refractivity contribution is 0.444. The lowest BCUT2D eigenvalue weighted by atomic mass is 10.0. The minimum atomic E-state index is 0.765. The van der Waals surface area contributed by atoms with Gasteiger partial charge in [0.25, 0.3) is 0 Å². The van der Waals surface area contributed by atoms with E-state index in [9.17, 15) is 0 Å². The molecule has 2 rings (SSSR count). The zero-order valence-electron chi connectivity index (χ0n) is 12.4. The van der Waals surface area contributed by atoms with E-state index in [1.54, 1.807) is 0 Å². The molecule has 2 heterocycles. The summed E-state index contributed by atoms with van der Waals surface area (Å²) in [7, 11) is 0. The third-order valence-electron chi connectivity index (χ3n) is 3.61. The van der Waals surface area contributed by atoms with E-state index < -0.39 is 0 Å². The summed E-state index contributed by atoms with van der Waals surface area (Å²) in [5.41, 5.74) is 0. The van der Waals surface area contributed by atoms with Crippen LogP contribution in [-0.4, -0.2) is 29.6 Å². The molecule has 0 aromatic carbocycles. The Balaban J connectivity index is 2.17. The Bertz CT molecular complexity index is 405. The van der Waals surface area contributed by atoms with Crippen LogP contribution >= 0.6 is 0 Å². The van der Waals surface area contributed by atoms with E-state index >= 15 is 0 Å². The molecule has 0 spiro atoms. The molecule has 1 atom stereocenters. The third-order valence-corrected chi connectivity index (χ3v) is 3.61.